The highest BCUT2D eigenvalue weighted by molar-refractivity contribution is 6.57. The Kier molecular flexibility index (Phi) is 4.26. The smallest absolute Gasteiger partial charge is 0.449 e. The molecule has 0 saturated carbocycles. The number of benzene rings is 1. The Balaban J connectivity index is 3.44. The normalized spacial score (nSPS) is 11.2. The van der Waals surface area contributed by atoms with E-state index in [2.05, 4.69) is 10.0 Å². The predicted octanol–water partition coefficient (Wildman–Crippen LogP) is 3.63. The standard InChI is InChI=1S/C10H13BF3N4/c1-6-8(4-11(12,13)14)3-9(5-15)7(2)10(6)17-18-16/h3H,4-5,15H2,1-2H3/q-1. The number of nitrogens with two attached hydrogens (primary N) is 1. The lowest BCUT2D eigenvalue weighted by molar-refractivity contribution is 0.468. The van der Waals surface area contributed by atoms with Crippen molar-refractivity contribution in [3.63, 3.8) is 0 Å². The second-order valence-corrected chi connectivity index (χ2v) is 4.10. The highest BCUT2D eigenvalue weighted by Gasteiger charge is 2.25. The molecule has 0 bridgehead atoms. The largest absolute Gasteiger partial charge is 0.482 e. The molecule has 1 aromatic rings. The van der Waals surface area contributed by atoms with Gasteiger partial charge < -0.3 is 18.7 Å². The minimum atomic E-state index is -4.94. The molecule has 0 fully saturated rings. The van der Waals surface area contributed by atoms with Gasteiger partial charge >= 0.3 is 6.98 Å². The zero-order chi connectivity index (χ0) is 13.9. The van der Waals surface area contributed by atoms with Gasteiger partial charge in [0.2, 0.25) is 0 Å². The van der Waals surface area contributed by atoms with Crippen LogP contribution < -0.4 is 5.73 Å². The second kappa shape index (κ2) is 5.33. The van der Waals surface area contributed by atoms with Crippen LogP contribution in [0.3, 0.4) is 0 Å². The van der Waals surface area contributed by atoms with Gasteiger partial charge in [-0.3, -0.25) is 0 Å². The fourth-order valence-electron chi connectivity index (χ4n) is 1.88. The number of azide groups is 1. The number of halogens is 3. The van der Waals surface area contributed by atoms with Gasteiger partial charge in [0.05, 0.1) is 0 Å². The summed E-state index contributed by atoms with van der Waals surface area (Å²) < 4.78 is 37.5. The third kappa shape index (κ3) is 3.18. The molecule has 0 aromatic heterocycles. The summed E-state index contributed by atoms with van der Waals surface area (Å²) in [5.41, 5.74) is 15.9. The number of hydrogen-bond donors (Lipinski definition) is 1. The van der Waals surface area contributed by atoms with Gasteiger partial charge in [0.15, 0.2) is 0 Å². The molecule has 4 nitrogen and oxygen atoms in total. The van der Waals surface area contributed by atoms with E-state index in [1.54, 1.807) is 6.92 Å². The van der Waals surface area contributed by atoms with Crippen molar-refractivity contribution >= 4 is 12.7 Å². The SMILES string of the molecule is Cc1c(CN)cc(C[B-](F)(F)F)c(C)c1N=[N+]=[N-]. The van der Waals surface area contributed by atoms with Crippen molar-refractivity contribution in [2.75, 3.05) is 0 Å². The van der Waals surface area contributed by atoms with Crippen LogP contribution >= 0.6 is 0 Å². The van der Waals surface area contributed by atoms with Gasteiger partial charge in [0.25, 0.3) is 0 Å². The summed E-state index contributed by atoms with van der Waals surface area (Å²) in [5.74, 6) is 0. The van der Waals surface area contributed by atoms with E-state index in [9.17, 15) is 12.9 Å². The van der Waals surface area contributed by atoms with Crippen molar-refractivity contribution in [1.29, 1.82) is 0 Å². The summed E-state index contributed by atoms with van der Waals surface area (Å²) in [6.07, 6.45) is -0.993. The Morgan fingerprint density at radius 3 is 2.28 bits per heavy atom. The van der Waals surface area contributed by atoms with Crippen molar-refractivity contribution in [3.8, 4) is 0 Å². The average Bonchev–Trinajstić information content (AvgIpc) is 2.26. The van der Waals surface area contributed by atoms with E-state index in [1.807, 2.05) is 0 Å². The molecule has 1 aromatic carbocycles. The van der Waals surface area contributed by atoms with Crippen LogP contribution in [0.4, 0.5) is 18.6 Å². The minimum Gasteiger partial charge on any atom is -0.449 e. The first kappa shape index (κ1) is 14.4. The van der Waals surface area contributed by atoms with E-state index in [1.165, 1.54) is 13.0 Å². The summed E-state index contributed by atoms with van der Waals surface area (Å²) in [7, 11) is 0. The highest BCUT2D eigenvalue weighted by atomic mass is 19.4. The van der Waals surface area contributed by atoms with Crippen LogP contribution in [0.1, 0.15) is 22.3 Å². The summed E-state index contributed by atoms with van der Waals surface area (Å²) in [4.78, 5) is 2.65. The molecule has 0 unspecified atom stereocenters. The van der Waals surface area contributed by atoms with Crippen molar-refractivity contribution in [2.45, 2.75) is 26.7 Å². The van der Waals surface area contributed by atoms with Gasteiger partial charge in [-0.1, -0.05) is 23.1 Å². The molecule has 0 amide bonds. The molecule has 0 saturated heterocycles. The Hall–Kier alpha value is -1.66. The molecule has 98 valence electrons. The molecule has 0 aliphatic carbocycles. The highest BCUT2D eigenvalue weighted by Crippen LogP contribution is 2.32. The second-order valence-electron chi connectivity index (χ2n) is 4.10. The molecule has 2 N–H and O–H groups in total. The molecular formula is C10H13BF3N4-. The van der Waals surface area contributed by atoms with Gasteiger partial charge in [-0.2, -0.15) is 0 Å². The summed E-state index contributed by atoms with van der Waals surface area (Å²) in [6, 6.07) is 1.44. The van der Waals surface area contributed by atoms with E-state index < -0.39 is 13.3 Å². The van der Waals surface area contributed by atoms with Gasteiger partial charge in [-0.05, 0) is 36.1 Å². The summed E-state index contributed by atoms with van der Waals surface area (Å²) in [5, 5.41) is 3.47. The fourth-order valence-corrected chi connectivity index (χ4v) is 1.88. The first-order valence-electron chi connectivity index (χ1n) is 5.38. The van der Waals surface area contributed by atoms with Crippen LogP contribution in [-0.2, 0) is 12.9 Å². The molecular weight excluding hydrogens is 244 g/mol. The molecule has 0 spiro atoms. The quantitative estimate of drug-likeness (QED) is 0.380. The van der Waals surface area contributed by atoms with Crippen LogP contribution in [0.15, 0.2) is 11.2 Å². The van der Waals surface area contributed by atoms with E-state index in [0.717, 1.165) is 0 Å². The van der Waals surface area contributed by atoms with Gasteiger partial charge in [0.1, 0.15) is 0 Å². The molecule has 0 radical (unpaired) electrons. The van der Waals surface area contributed by atoms with Crippen molar-refractivity contribution in [3.05, 3.63) is 38.8 Å². The summed E-state index contributed by atoms with van der Waals surface area (Å²) in [6.45, 7) is -1.62. The zero-order valence-electron chi connectivity index (χ0n) is 10.1. The van der Waals surface area contributed by atoms with Crippen LogP contribution in [0.25, 0.3) is 10.4 Å². The van der Waals surface area contributed by atoms with Gasteiger partial charge in [0, 0.05) is 17.1 Å². The van der Waals surface area contributed by atoms with E-state index in [0.29, 0.717) is 16.7 Å². The third-order valence-electron chi connectivity index (χ3n) is 2.84. The van der Waals surface area contributed by atoms with Crippen LogP contribution in [-0.4, -0.2) is 6.98 Å². The fraction of sp³-hybridized carbons (Fsp3) is 0.400. The average molecular weight is 257 g/mol. The molecule has 8 heteroatoms. The first-order chi connectivity index (χ1) is 8.30. The number of rotatable bonds is 4. The van der Waals surface area contributed by atoms with Crippen LogP contribution in [0.2, 0.25) is 0 Å². The summed E-state index contributed by atoms with van der Waals surface area (Å²) >= 11 is 0. The van der Waals surface area contributed by atoms with Crippen molar-refractivity contribution < 1.29 is 12.9 Å². The number of hydrogen-bond acceptors (Lipinski definition) is 2. The van der Waals surface area contributed by atoms with E-state index in [-0.39, 0.29) is 17.8 Å². The molecule has 0 heterocycles. The van der Waals surface area contributed by atoms with Gasteiger partial charge in [-0.15, -0.1) is 0 Å². The number of nitrogens with zero attached hydrogens (tertiary/aromatic N) is 3. The Morgan fingerprint density at radius 2 is 1.83 bits per heavy atom. The van der Waals surface area contributed by atoms with Crippen LogP contribution in [0.5, 0.6) is 0 Å². The van der Waals surface area contributed by atoms with Gasteiger partial charge in [-0.25, -0.2) is 0 Å². The molecule has 0 aliphatic heterocycles. The maximum atomic E-state index is 12.5. The molecule has 1 rings (SSSR count). The monoisotopic (exact) mass is 257 g/mol. The van der Waals surface area contributed by atoms with Crippen LogP contribution in [0, 0.1) is 13.8 Å². The molecule has 0 atom stereocenters. The maximum Gasteiger partial charge on any atom is 0.482 e. The van der Waals surface area contributed by atoms with E-state index >= 15 is 0 Å². The molecule has 18 heavy (non-hydrogen) atoms. The lowest BCUT2D eigenvalue weighted by atomic mass is 9.79. The maximum absolute atomic E-state index is 12.5. The van der Waals surface area contributed by atoms with Crippen molar-refractivity contribution in [2.24, 2.45) is 10.8 Å². The Labute approximate surface area is 103 Å². The molecule has 0 aliphatic rings. The Bertz CT molecular complexity index is 507. The minimum absolute atomic E-state index is 0.109. The Morgan fingerprint density at radius 1 is 1.28 bits per heavy atom. The topological polar surface area (TPSA) is 74.8 Å². The first-order valence-corrected chi connectivity index (χ1v) is 5.38. The van der Waals surface area contributed by atoms with E-state index in [4.69, 9.17) is 11.3 Å². The lowest BCUT2D eigenvalue weighted by Crippen LogP contribution is -2.20. The van der Waals surface area contributed by atoms with Crippen molar-refractivity contribution in [1.82, 2.24) is 0 Å². The predicted molar refractivity (Wildman–Crippen MR) is 65.4 cm³/mol. The zero-order valence-corrected chi connectivity index (χ0v) is 10.1. The lowest BCUT2D eigenvalue weighted by Gasteiger charge is -2.19. The third-order valence-corrected chi connectivity index (χ3v) is 2.84.